The van der Waals surface area contributed by atoms with Crippen LogP contribution in [0.15, 0.2) is 30.3 Å². The molecule has 0 radical (unpaired) electrons. The van der Waals surface area contributed by atoms with Gasteiger partial charge >= 0.3 is 5.97 Å². The molecule has 24 heavy (non-hydrogen) atoms. The second-order valence-corrected chi connectivity index (χ2v) is 8.52. The highest BCUT2D eigenvalue weighted by Gasteiger charge is 2.31. The minimum Gasteiger partial charge on any atom is -0.481 e. The Labute approximate surface area is 142 Å². The van der Waals surface area contributed by atoms with Crippen LogP contribution >= 0.6 is 0 Å². The molecular formula is C17H23NO5S. The van der Waals surface area contributed by atoms with Gasteiger partial charge in [-0.1, -0.05) is 43.2 Å². The van der Waals surface area contributed by atoms with Gasteiger partial charge in [-0.15, -0.1) is 0 Å². The van der Waals surface area contributed by atoms with E-state index in [9.17, 15) is 23.1 Å². The number of hydrogen-bond donors (Lipinski definition) is 2. The van der Waals surface area contributed by atoms with E-state index < -0.39 is 38.6 Å². The van der Waals surface area contributed by atoms with E-state index in [0.29, 0.717) is 12.8 Å². The molecule has 1 aliphatic carbocycles. The lowest BCUT2D eigenvalue weighted by molar-refractivity contribution is -0.141. The Morgan fingerprint density at radius 3 is 2.38 bits per heavy atom. The van der Waals surface area contributed by atoms with E-state index in [4.69, 9.17) is 0 Å². The molecule has 1 atom stereocenters. The lowest BCUT2D eigenvalue weighted by Gasteiger charge is -2.15. The molecule has 0 aliphatic heterocycles. The molecule has 1 aromatic rings. The molecular weight excluding hydrogens is 330 g/mol. The second kappa shape index (κ2) is 8.28. The van der Waals surface area contributed by atoms with Crippen LogP contribution in [0.2, 0.25) is 0 Å². The normalized spacial score (nSPS) is 16.7. The van der Waals surface area contributed by atoms with Crippen LogP contribution in [0.3, 0.4) is 0 Å². The Bertz CT molecular complexity index is 665. The summed E-state index contributed by atoms with van der Waals surface area (Å²) >= 11 is 0. The number of carbonyl (C=O) groups is 2. The van der Waals surface area contributed by atoms with Crippen LogP contribution < -0.4 is 5.32 Å². The van der Waals surface area contributed by atoms with Crippen molar-refractivity contribution in [3.8, 4) is 0 Å². The minimum absolute atomic E-state index is 0.0801. The number of nitrogens with one attached hydrogen (secondary N) is 1. The van der Waals surface area contributed by atoms with Crippen molar-refractivity contribution in [2.75, 3.05) is 12.3 Å². The van der Waals surface area contributed by atoms with Crippen LogP contribution in [0.5, 0.6) is 0 Å². The van der Waals surface area contributed by atoms with Gasteiger partial charge in [-0.25, -0.2) is 8.42 Å². The van der Waals surface area contributed by atoms with Gasteiger partial charge in [0.25, 0.3) is 0 Å². The highest BCUT2D eigenvalue weighted by molar-refractivity contribution is 7.92. The number of carboxylic acids is 1. The fourth-order valence-corrected chi connectivity index (χ4v) is 4.74. The molecule has 1 fully saturated rings. The van der Waals surface area contributed by atoms with Crippen molar-refractivity contribution in [3.05, 3.63) is 35.9 Å². The maximum Gasteiger partial charge on any atom is 0.308 e. The van der Waals surface area contributed by atoms with Crippen LogP contribution in [0.1, 0.15) is 31.2 Å². The molecule has 1 unspecified atom stereocenters. The predicted molar refractivity (Wildman–Crippen MR) is 90.3 cm³/mol. The molecule has 2 N–H and O–H groups in total. The van der Waals surface area contributed by atoms with Crippen molar-refractivity contribution in [2.24, 2.45) is 5.92 Å². The average Bonchev–Trinajstić information content (AvgIpc) is 3.07. The first-order chi connectivity index (χ1) is 11.4. The topological polar surface area (TPSA) is 101 Å². The number of aliphatic carboxylic acids is 1. The Morgan fingerprint density at radius 2 is 1.79 bits per heavy atom. The summed E-state index contributed by atoms with van der Waals surface area (Å²) in [7, 11) is -3.45. The van der Waals surface area contributed by atoms with Crippen molar-refractivity contribution in [1.29, 1.82) is 0 Å². The summed E-state index contributed by atoms with van der Waals surface area (Å²) < 4.78 is 24.3. The van der Waals surface area contributed by atoms with Gasteiger partial charge in [-0.2, -0.15) is 0 Å². The van der Waals surface area contributed by atoms with Gasteiger partial charge in [0.2, 0.25) is 5.91 Å². The highest BCUT2D eigenvalue weighted by Crippen LogP contribution is 2.25. The Hall–Kier alpha value is -1.89. The van der Waals surface area contributed by atoms with Crippen molar-refractivity contribution < 1.29 is 23.1 Å². The molecule has 0 aromatic heterocycles. The largest absolute Gasteiger partial charge is 0.481 e. The fraction of sp³-hybridized carbons (Fsp3) is 0.529. The molecule has 1 aliphatic rings. The van der Waals surface area contributed by atoms with E-state index >= 15 is 0 Å². The number of hydrogen-bond acceptors (Lipinski definition) is 4. The molecule has 0 saturated heterocycles. The summed E-state index contributed by atoms with van der Waals surface area (Å²) in [5.41, 5.74) is 0.859. The van der Waals surface area contributed by atoms with Crippen LogP contribution in [-0.4, -0.2) is 42.9 Å². The van der Waals surface area contributed by atoms with E-state index in [0.717, 1.165) is 18.4 Å². The number of carbonyl (C=O) groups excluding carboxylic acids is 1. The Balaban J connectivity index is 1.87. The molecule has 1 aromatic carbocycles. The molecule has 1 amide bonds. The number of benzene rings is 1. The van der Waals surface area contributed by atoms with Gasteiger partial charge in [0.05, 0.1) is 11.2 Å². The van der Waals surface area contributed by atoms with Crippen LogP contribution in [0.25, 0.3) is 0 Å². The van der Waals surface area contributed by atoms with E-state index in [1.807, 2.05) is 30.3 Å². The Morgan fingerprint density at radius 1 is 1.17 bits per heavy atom. The summed E-state index contributed by atoms with van der Waals surface area (Å²) in [5, 5.41) is 11.3. The zero-order valence-electron chi connectivity index (χ0n) is 13.5. The third-order valence-electron chi connectivity index (χ3n) is 4.36. The molecule has 1 saturated carbocycles. The summed E-state index contributed by atoms with van der Waals surface area (Å²) in [6.45, 7) is -0.0801. The van der Waals surface area contributed by atoms with E-state index in [1.54, 1.807) is 0 Å². The first kappa shape index (κ1) is 18.4. The number of rotatable bonds is 8. The first-order valence-corrected chi connectivity index (χ1v) is 9.85. The molecule has 2 rings (SSSR count). The van der Waals surface area contributed by atoms with Gasteiger partial charge < -0.3 is 10.4 Å². The smallest absolute Gasteiger partial charge is 0.308 e. The molecule has 0 heterocycles. The summed E-state index contributed by atoms with van der Waals surface area (Å²) in [4.78, 5) is 23.3. The van der Waals surface area contributed by atoms with Crippen molar-refractivity contribution in [2.45, 2.75) is 37.4 Å². The van der Waals surface area contributed by atoms with Crippen molar-refractivity contribution in [1.82, 2.24) is 5.32 Å². The standard InChI is InChI=1S/C17H23NO5S/c19-16(12-24(22,23)15-8-4-5-9-15)18-11-14(17(20)21)10-13-6-2-1-3-7-13/h1-3,6-7,14-15H,4-5,8-12H2,(H,18,19)(H,20,21). The zero-order chi connectivity index (χ0) is 17.6. The van der Waals surface area contributed by atoms with Crippen molar-refractivity contribution in [3.63, 3.8) is 0 Å². The van der Waals surface area contributed by atoms with Gasteiger partial charge in [0.1, 0.15) is 5.75 Å². The number of sulfone groups is 1. The maximum atomic E-state index is 12.1. The third kappa shape index (κ3) is 5.33. The highest BCUT2D eigenvalue weighted by atomic mass is 32.2. The minimum atomic E-state index is -3.45. The molecule has 6 nitrogen and oxygen atoms in total. The monoisotopic (exact) mass is 353 g/mol. The third-order valence-corrected chi connectivity index (χ3v) is 6.51. The predicted octanol–water partition coefficient (Wildman–Crippen LogP) is 1.40. The lowest BCUT2D eigenvalue weighted by Crippen LogP contribution is -2.38. The second-order valence-electron chi connectivity index (χ2n) is 6.24. The number of carboxylic acid groups (broad SMARTS) is 1. The molecule has 0 spiro atoms. The van der Waals surface area contributed by atoms with Crippen LogP contribution in [0, 0.1) is 5.92 Å². The van der Waals surface area contributed by atoms with Gasteiger partial charge in [-0.05, 0) is 24.8 Å². The average molecular weight is 353 g/mol. The molecule has 0 bridgehead atoms. The SMILES string of the molecule is O=C(CS(=O)(=O)C1CCCC1)NCC(Cc1ccccc1)C(=O)O. The van der Waals surface area contributed by atoms with E-state index in [2.05, 4.69) is 5.32 Å². The maximum absolute atomic E-state index is 12.1. The molecule has 7 heteroatoms. The van der Waals surface area contributed by atoms with E-state index in [-0.39, 0.29) is 13.0 Å². The van der Waals surface area contributed by atoms with Gasteiger partial charge in [0, 0.05) is 6.54 Å². The number of amides is 1. The summed E-state index contributed by atoms with van der Waals surface area (Å²) in [6.07, 6.45) is 3.27. The first-order valence-electron chi connectivity index (χ1n) is 8.13. The summed E-state index contributed by atoms with van der Waals surface area (Å²) in [6, 6.07) is 9.13. The quantitative estimate of drug-likeness (QED) is 0.736. The van der Waals surface area contributed by atoms with Gasteiger partial charge in [0.15, 0.2) is 9.84 Å². The fourth-order valence-electron chi connectivity index (χ4n) is 2.98. The van der Waals surface area contributed by atoms with Gasteiger partial charge in [-0.3, -0.25) is 9.59 Å². The van der Waals surface area contributed by atoms with Crippen LogP contribution in [-0.2, 0) is 25.8 Å². The molecule has 132 valence electrons. The Kier molecular flexibility index (Phi) is 6.36. The summed E-state index contributed by atoms with van der Waals surface area (Å²) in [5.74, 6) is -2.99. The lowest BCUT2D eigenvalue weighted by atomic mass is 9.99. The van der Waals surface area contributed by atoms with E-state index in [1.165, 1.54) is 0 Å². The zero-order valence-corrected chi connectivity index (χ0v) is 14.3. The van der Waals surface area contributed by atoms with Crippen molar-refractivity contribution >= 4 is 21.7 Å². The van der Waals surface area contributed by atoms with Crippen LogP contribution in [0.4, 0.5) is 0 Å².